The van der Waals surface area contributed by atoms with Crippen LogP contribution in [0.5, 0.6) is 5.88 Å². The lowest BCUT2D eigenvalue weighted by atomic mass is 9.93. The summed E-state index contributed by atoms with van der Waals surface area (Å²) in [5, 5.41) is 2.70. The third-order valence-corrected chi connectivity index (χ3v) is 5.92. The van der Waals surface area contributed by atoms with E-state index in [-0.39, 0.29) is 28.8 Å². The number of hydrogen-bond donors (Lipinski definition) is 1. The molecule has 1 atom stereocenters. The van der Waals surface area contributed by atoms with Crippen molar-refractivity contribution in [3.63, 3.8) is 0 Å². The van der Waals surface area contributed by atoms with Crippen molar-refractivity contribution < 1.29 is 27.5 Å². The predicted molar refractivity (Wildman–Crippen MR) is 121 cm³/mol. The number of amides is 3. The van der Waals surface area contributed by atoms with Gasteiger partial charge in [-0.2, -0.15) is 13.2 Å². The number of anilines is 1. The first kappa shape index (κ1) is 23.6. The number of rotatable bonds is 7. The van der Waals surface area contributed by atoms with Crippen LogP contribution in [0, 0.1) is 0 Å². The van der Waals surface area contributed by atoms with E-state index >= 15 is 0 Å². The number of aromatic nitrogens is 1. The molecule has 0 saturated carbocycles. The molecule has 1 fully saturated rings. The standard InChI is InChI=1S/C24H20F3N3O3S/c1-23(14-17-11-12-28-20(13-17)33-15-16-5-3-2-4-6-16)21(31)30(22(32)29-23)18-7-9-19(10-8-18)34-24(25,26)27/h2-13H,14-15H2,1H3,(H,29,32). The minimum absolute atomic E-state index is 0.0362. The Hall–Kier alpha value is -3.53. The summed E-state index contributed by atoms with van der Waals surface area (Å²) >= 11 is -0.263. The maximum absolute atomic E-state index is 13.2. The summed E-state index contributed by atoms with van der Waals surface area (Å²) in [4.78, 5) is 30.9. The number of urea groups is 1. The maximum Gasteiger partial charge on any atom is 0.446 e. The fourth-order valence-electron chi connectivity index (χ4n) is 3.61. The highest BCUT2D eigenvalue weighted by molar-refractivity contribution is 8.00. The molecular weight excluding hydrogens is 467 g/mol. The van der Waals surface area contributed by atoms with E-state index in [1.807, 2.05) is 30.3 Å². The zero-order chi connectivity index (χ0) is 24.3. The Morgan fingerprint density at radius 1 is 1.03 bits per heavy atom. The molecule has 3 amide bonds. The minimum atomic E-state index is -4.42. The highest BCUT2D eigenvalue weighted by Crippen LogP contribution is 2.38. The van der Waals surface area contributed by atoms with Crippen molar-refractivity contribution in [1.82, 2.24) is 10.3 Å². The number of carbonyl (C=O) groups is 2. The fourth-order valence-corrected chi connectivity index (χ4v) is 4.15. The molecule has 1 aromatic heterocycles. The van der Waals surface area contributed by atoms with Crippen LogP contribution in [-0.2, 0) is 17.8 Å². The highest BCUT2D eigenvalue weighted by atomic mass is 32.2. The molecular formula is C24H20F3N3O3S. The molecule has 1 unspecified atom stereocenters. The molecule has 176 valence electrons. The second kappa shape index (κ2) is 9.38. The van der Waals surface area contributed by atoms with Gasteiger partial charge in [0.1, 0.15) is 12.1 Å². The molecule has 1 aliphatic heterocycles. The summed E-state index contributed by atoms with van der Waals surface area (Å²) < 4.78 is 43.4. The number of benzene rings is 2. The summed E-state index contributed by atoms with van der Waals surface area (Å²) in [7, 11) is 0. The van der Waals surface area contributed by atoms with Crippen LogP contribution in [0.3, 0.4) is 0 Å². The normalized spacial score (nSPS) is 18.2. The number of alkyl halides is 3. The molecule has 0 spiro atoms. The van der Waals surface area contributed by atoms with Gasteiger partial charge in [0.25, 0.3) is 5.91 Å². The van der Waals surface area contributed by atoms with Crippen molar-refractivity contribution in [1.29, 1.82) is 0 Å². The lowest BCUT2D eigenvalue weighted by molar-refractivity contribution is -0.121. The summed E-state index contributed by atoms with van der Waals surface area (Å²) in [6, 6.07) is 17.5. The Morgan fingerprint density at radius 3 is 2.41 bits per heavy atom. The average molecular weight is 488 g/mol. The van der Waals surface area contributed by atoms with E-state index in [9.17, 15) is 22.8 Å². The van der Waals surface area contributed by atoms with E-state index in [0.717, 1.165) is 16.0 Å². The Balaban J connectivity index is 1.46. The first-order valence-corrected chi connectivity index (χ1v) is 11.1. The monoisotopic (exact) mass is 487 g/mol. The number of carbonyl (C=O) groups excluding carboxylic acids is 2. The van der Waals surface area contributed by atoms with Crippen molar-refractivity contribution in [2.75, 3.05) is 4.90 Å². The highest BCUT2D eigenvalue weighted by Gasteiger charge is 2.48. The van der Waals surface area contributed by atoms with Crippen LogP contribution in [0.2, 0.25) is 0 Å². The summed E-state index contributed by atoms with van der Waals surface area (Å²) in [5.41, 5.74) is -3.76. The Morgan fingerprint density at radius 2 is 1.74 bits per heavy atom. The van der Waals surface area contributed by atoms with E-state index in [4.69, 9.17) is 4.74 Å². The summed E-state index contributed by atoms with van der Waals surface area (Å²) in [5.74, 6) is -0.117. The number of pyridine rings is 1. The zero-order valence-corrected chi connectivity index (χ0v) is 18.8. The lowest BCUT2D eigenvalue weighted by Crippen LogP contribution is -2.46. The van der Waals surface area contributed by atoms with Gasteiger partial charge in [0.05, 0.1) is 5.69 Å². The van der Waals surface area contributed by atoms with Crippen molar-refractivity contribution in [3.05, 3.63) is 84.1 Å². The molecule has 2 aromatic carbocycles. The van der Waals surface area contributed by atoms with Gasteiger partial charge in [-0.05, 0) is 60.1 Å². The van der Waals surface area contributed by atoms with Gasteiger partial charge in [-0.25, -0.2) is 14.7 Å². The molecule has 34 heavy (non-hydrogen) atoms. The molecule has 10 heteroatoms. The first-order chi connectivity index (χ1) is 16.1. The van der Waals surface area contributed by atoms with Gasteiger partial charge < -0.3 is 10.1 Å². The van der Waals surface area contributed by atoms with Crippen LogP contribution < -0.4 is 15.0 Å². The number of thioether (sulfide) groups is 1. The molecule has 1 saturated heterocycles. The molecule has 0 aliphatic carbocycles. The minimum Gasteiger partial charge on any atom is -0.473 e. The molecule has 0 radical (unpaired) electrons. The van der Waals surface area contributed by atoms with Crippen molar-refractivity contribution in [2.24, 2.45) is 0 Å². The van der Waals surface area contributed by atoms with Crippen molar-refractivity contribution >= 4 is 29.4 Å². The topological polar surface area (TPSA) is 71.5 Å². The van der Waals surface area contributed by atoms with Gasteiger partial charge in [-0.3, -0.25) is 4.79 Å². The number of ether oxygens (including phenoxy) is 1. The molecule has 6 nitrogen and oxygen atoms in total. The maximum atomic E-state index is 13.2. The Kier molecular flexibility index (Phi) is 6.52. The van der Waals surface area contributed by atoms with Crippen LogP contribution in [-0.4, -0.2) is 28.0 Å². The quantitative estimate of drug-likeness (QED) is 0.360. The van der Waals surface area contributed by atoms with Crippen molar-refractivity contribution in [3.8, 4) is 5.88 Å². The smallest absolute Gasteiger partial charge is 0.446 e. The van der Waals surface area contributed by atoms with Gasteiger partial charge in [0.2, 0.25) is 5.88 Å². The summed E-state index contributed by atoms with van der Waals surface area (Å²) in [6.45, 7) is 1.94. The Bertz CT molecular complexity index is 1190. The second-order valence-corrected chi connectivity index (χ2v) is 9.04. The molecule has 2 heterocycles. The molecule has 4 rings (SSSR count). The van der Waals surface area contributed by atoms with Gasteiger partial charge in [0.15, 0.2) is 0 Å². The number of nitrogens with zero attached hydrogens (tertiary/aromatic N) is 2. The third kappa shape index (κ3) is 5.51. The fraction of sp³-hybridized carbons (Fsp3) is 0.208. The summed E-state index contributed by atoms with van der Waals surface area (Å²) in [6.07, 6.45) is 1.75. The number of imide groups is 1. The third-order valence-electron chi connectivity index (χ3n) is 5.18. The molecule has 1 N–H and O–H groups in total. The van der Waals surface area contributed by atoms with Crippen LogP contribution >= 0.6 is 11.8 Å². The molecule has 3 aromatic rings. The van der Waals surface area contributed by atoms with E-state index < -0.39 is 23.0 Å². The van der Waals surface area contributed by atoms with Crippen molar-refractivity contribution in [2.45, 2.75) is 35.9 Å². The molecule has 0 bridgehead atoms. The van der Waals surface area contributed by atoms with E-state index in [1.54, 1.807) is 25.3 Å². The van der Waals surface area contributed by atoms with Crippen LogP contribution in [0.4, 0.5) is 23.7 Å². The van der Waals surface area contributed by atoms with Gasteiger partial charge in [0, 0.05) is 23.6 Å². The second-order valence-electron chi connectivity index (χ2n) is 7.90. The van der Waals surface area contributed by atoms with Crippen LogP contribution in [0.25, 0.3) is 0 Å². The van der Waals surface area contributed by atoms with Crippen LogP contribution in [0.1, 0.15) is 18.1 Å². The molecule has 1 aliphatic rings. The van der Waals surface area contributed by atoms with Gasteiger partial charge >= 0.3 is 11.5 Å². The number of halogens is 3. The SMILES string of the molecule is CC1(Cc2ccnc(OCc3ccccc3)c2)NC(=O)N(c2ccc(SC(F)(F)F)cc2)C1=O. The van der Waals surface area contributed by atoms with Gasteiger partial charge in [-0.1, -0.05) is 30.3 Å². The largest absolute Gasteiger partial charge is 0.473 e. The predicted octanol–water partition coefficient (Wildman–Crippen LogP) is 5.33. The zero-order valence-electron chi connectivity index (χ0n) is 18.0. The van der Waals surface area contributed by atoms with Gasteiger partial charge in [-0.15, -0.1) is 0 Å². The number of hydrogen-bond acceptors (Lipinski definition) is 5. The Labute approximate surface area is 198 Å². The van der Waals surface area contributed by atoms with Crippen LogP contribution in [0.15, 0.2) is 77.8 Å². The van der Waals surface area contributed by atoms with E-state index in [0.29, 0.717) is 12.5 Å². The van der Waals surface area contributed by atoms with E-state index in [1.165, 1.54) is 24.3 Å². The number of nitrogens with one attached hydrogen (secondary N) is 1. The van der Waals surface area contributed by atoms with E-state index in [2.05, 4.69) is 10.3 Å². The average Bonchev–Trinajstić information content (AvgIpc) is 3.00. The first-order valence-electron chi connectivity index (χ1n) is 10.3. The lowest BCUT2D eigenvalue weighted by Gasteiger charge is -2.22.